The van der Waals surface area contributed by atoms with Crippen molar-refractivity contribution in [2.24, 2.45) is 0 Å². The topological polar surface area (TPSA) is 90.8 Å². The van der Waals surface area contributed by atoms with Crippen LogP contribution in [0.4, 0.5) is 5.69 Å². The van der Waals surface area contributed by atoms with Gasteiger partial charge < -0.3 is 16.0 Å². The predicted octanol–water partition coefficient (Wildman–Crippen LogP) is 5.72. The fraction of sp³-hybridized carbons (Fsp3) is 0.103. The Bertz CT molecular complexity index is 1360. The highest BCUT2D eigenvalue weighted by Gasteiger charge is 2.13. The van der Waals surface area contributed by atoms with Crippen molar-refractivity contribution in [3.05, 3.63) is 120 Å². The first-order chi connectivity index (χ1) is 17.6. The van der Waals surface area contributed by atoms with Crippen LogP contribution in [0.5, 0.6) is 0 Å². The molecule has 0 radical (unpaired) electrons. The molecule has 7 heteroatoms. The lowest BCUT2D eigenvalue weighted by atomic mass is 10.1. The Kier molecular flexibility index (Phi) is 8.62. The van der Waals surface area contributed by atoms with Crippen LogP contribution in [0, 0.1) is 5.41 Å². The molecule has 0 fully saturated rings. The molecule has 0 aliphatic carbocycles. The number of hydrogen-bond acceptors (Lipinski definition) is 6. The van der Waals surface area contributed by atoms with E-state index >= 15 is 0 Å². The van der Waals surface area contributed by atoms with Crippen LogP contribution in [-0.4, -0.2) is 35.2 Å². The summed E-state index contributed by atoms with van der Waals surface area (Å²) in [5.74, 6) is -0.120. The number of carbonyl (C=O) groups is 1. The average Bonchev–Trinajstić information content (AvgIpc) is 2.93. The molecule has 1 amide bonds. The van der Waals surface area contributed by atoms with Crippen molar-refractivity contribution in [3.63, 3.8) is 0 Å². The van der Waals surface area contributed by atoms with Gasteiger partial charge in [0.15, 0.2) is 0 Å². The van der Waals surface area contributed by atoms with E-state index < -0.39 is 0 Å². The molecule has 180 valence electrons. The highest BCUT2D eigenvalue weighted by Crippen LogP contribution is 2.33. The van der Waals surface area contributed by atoms with Crippen LogP contribution < -0.4 is 10.6 Å². The van der Waals surface area contributed by atoms with Crippen molar-refractivity contribution >= 4 is 35.1 Å². The molecule has 0 spiro atoms. The third kappa shape index (κ3) is 6.67. The van der Waals surface area contributed by atoms with E-state index in [0.29, 0.717) is 17.8 Å². The summed E-state index contributed by atoms with van der Waals surface area (Å²) in [5.41, 5.74) is 4.44. The van der Waals surface area contributed by atoms with E-state index in [1.807, 2.05) is 84.9 Å². The molecule has 0 aliphatic heterocycles. The molecule has 4 aromatic rings. The van der Waals surface area contributed by atoms with E-state index in [9.17, 15) is 4.79 Å². The van der Waals surface area contributed by atoms with Gasteiger partial charge in [-0.2, -0.15) is 0 Å². The molecular formula is C29H27N5OS. The summed E-state index contributed by atoms with van der Waals surface area (Å²) >= 11 is 1.52. The van der Waals surface area contributed by atoms with Gasteiger partial charge in [-0.25, -0.2) is 0 Å². The van der Waals surface area contributed by atoms with Gasteiger partial charge in [-0.15, -0.1) is 0 Å². The quantitative estimate of drug-likeness (QED) is 0.246. The Morgan fingerprint density at radius 2 is 1.72 bits per heavy atom. The van der Waals surface area contributed by atoms with Crippen LogP contribution >= 0.6 is 11.8 Å². The van der Waals surface area contributed by atoms with Crippen molar-refractivity contribution in [1.29, 1.82) is 5.41 Å². The second-order valence-corrected chi connectivity index (χ2v) is 9.00. The molecule has 36 heavy (non-hydrogen) atoms. The maximum absolute atomic E-state index is 12.3. The Morgan fingerprint density at radius 3 is 2.47 bits per heavy atom. The SMILES string of the molecule is CNC(=O)c1ccccc1Sc1ccc(C(=N)/C=C/c2ccccn2)c(NCCc2ccccn2)c1. The van der Waals surface area contributed by atoms with Crippen molar-refractivity contribution in [1.82, 2.24) is 15.3 Å². The Labute approximate surface area is 215 Å². The number of benzene rings is 2. The minimum absolute atomic E-state index is 0.120. The highest BCUT2D eigenvalue weighted by atomic mass is 32.2. The number of nitrogens with zero attached hydrogens (tertiary/aromatic N) is 2. The van der Waals surface area contributed by atoms with Gasteiger partial charge in [0.05, 0.1) is 17.0 Å². The normalized spacial score (nSPS) is 10.8. The fourth-order valence-corrected chi connectivity index (χ4v) is 4.56. The maximum atomic E-state index is 12.3. The number of allylic oxidation sites excluding steroid dienone is 1. The van der Waals surface area contributed by atoms with Crippen LogP contribution in [0.3, 0.4) is 0 Å². The molecular weight excluding hydrogens is 466 g/mol. The van der Waals surface area contributed by atoms with Gasteiger partial charge in [-0.05, 0) is 66.7 Å². The summed E-state index contributed by atoms with van der Waals surface area (Å²) in [4.78, 5) is 22.8. The number of hydrogen-bond donors (Lipinski definition) is 3. The summed E-state index contributed by atoms with van der Waals surface area (Å²) in [7, 11) is 1.63. The summed E-state index contributed by atoms with van der Waals surface area (Å²) in [5, 5.41) is 14.9. The third-order valence-corrected chi connectivity index (χ3v) is 6.46. The van der Waals surface area contributed by atoms with Crippen LogP contribution in [0.15, 0.2) is 107 Å². The van der Waals surface area contributed by atoms with Gasteiger partial charge >= 0.3 is 0 Å². The van der Waals surface area contributed by atoms with Crippen molar-refractivity contribution in [2.75, 3.05) is 18.9 Å². The van der Waals surface area contributed by atoms with E-state index in [2.05, 4.69) is 20.6 Å². The average molecular weight is 494 g/mol. The number of anilines is 1. The summed E-state index contributed by atoms with van der Waals surface area (Å²) in [6, 6.07) is 25.1. The van der Waals surface area contributed by atoms with Crippen molar-refractivity contribution in [3.8, 4) is 0 Å². The molecule has 0 saturated carbocycles. The number of nitrogens with one attached hydrogen (secondary N) is 3. The van der Waals surface area contributed by atoms with Gasteiger partial charge in [0.25, 0.3) is 5.91 Å². The number of carbonyl (C=O) groups excluding carboxylic acids is 1. The van der Waals surface area contributed by atoms with Gasteiger partial charge in [0.1, 0.15) is 0 Å². The van der Waals surface area contributed by atoms with Crippen molar-refractivity contribution in [2.45, 2.75) is 16.2 Å². The van der Waals surface area contributed by atoms with Gasteiger partial charge in [0.2, 0.25) is 0 Å². The zero-order valence-electron chi connectivity index (χ0n) is 19.9. The zero-order valence-corrected chi connectivity index (χ0v) is 20.8. The maximum Gasteiger partial charge on any atom is 0.252 e. The number of amides is 1. The summed E-state index contributed by atoms with van der Waals surface area (Å²) in [6.07, 6.45) is 7.88. The molecule has 0 atom stereocenters. The molecule has 2 heterocycles. The smallest absolute Gasteiger partial charge is 0.252 e. The lowest BCUT2D eigenvalue weighted by molar-refractivity contribution is 0.0960. The van der Waals surface area contributed by atoms with Crippen LogP contribution in [-0.2, 0) is 6.42 Å². The number of rotatable bonds is 10. The number of pyridine rings is 2. The van der Waals surface area contributed by atoms with Gasteiger partial charge in [-0.3, -0.25) is 14.8 Å². The van der Waals surface area contributed by atoms with Gasteiger partial charge in [0, 0.05) is 59.1 Å². The van der Waals surface area contributed by atoms with Crippen LogP contribution in [0.25, 0.3) is 6.08 Å². The molecule has 0 saturated heterocycles. The minimum atomic E-state index is -0.120. The van der Waals surface area contributed by atoms with Gasteiger partial charge in [-0.1, -0.05) is 36.0 Å². The lowest BCUT2D eigenvalue weighted by Crippen LogP contribution is -2.18. The molecule has 0 unspecified atom stereocenters. The first-order valence-electron chi connectivity index (χ1n) is 11.6. The monoisotopic (exact) mass is 493 g/mol. The first kappa shape index (κ1) is 24.9. The molecule has 0 aliphatic rings. The molecule has 3 N–H and O–H groups in total. The van der Waals surface area contributed by atoms with E-state index in [4.69, 9.17) is 5.41 Å². The van der Waals surface area contributed by atoms with E-state index in [1.54, 1.807) is 25.5 Å². The predicted molar refractivity (Wildman–Crippen MR) is 147 cm³/mol. The lowest BCUT2D eigenvalue weighted by Gasteiger charge is -2.14. The van der Waals surface area contributed by atoms with Crippen molar-refractivity contribution < 1.29 is 4.79 Å². The fourth-order valence-electron chi connectivity index (χ4n) is 3.58. The summed E-state index contributed by atoms with van der Waals surface area (Å²) in [6.45, 7) is 0.671. The highest BCUT2D eigenvalue weighted by molar-refractivity contribution is 7.99. The Morgan fingerprint density at radius 1 is 0.944 bits per heavy atom. The second kappa shape index (κ2) is 12.5. The molecule has 2 aromatic heterocycles. The standard InChI is InChI=1S/C29H27N5OS/c1-31-29(35)25-10-2-3-11-28(25)36-23-13-14-24(26(30)15-12-21-8-4-6-17-32-21)27(20-23)34-19-16-22-9-5-7-18-33-22/h2-15,17-18,20,30,34H,16,19H2,1H3,(H,31,35)/b15-12+,30-26?. The molecule has 6 nitrogen and oxygen atoms in total. The Balaban J connectivity index is 1.59. The van der Waals surface area contributed by atoms with E-state index in [0.717, 1.165) is 38.9 Å². The molecule has 0 bridgehead atoms. The zero-order chi connectivity index (χ0) is 25.2. The summed E-state index contributed by atoms with van der Waals surface area (Å²) < 4.78 is 0. The molecule has 4 rings (SSSR count). The molecule has 2 aromatic carbocycles. The minimum Gasteiger partial charge on any atom is -0.384 e. The van der Waals surface area contributed by atoms with Crippen LogP contribution in [0.2, 0.25) is 0 Å². The second-order valence-electron chi connectivity index (χ2n) is 7.88. The third-order valence-electron chi connectivity index (χ3n) is 5.40. The first-order valence-corrected chi connectivity index (χ1v) is 12.4. The van der Waals surface area contributed by atoms with Crippen LogP contribution in [0.1, 0.15) is 27.3 Å². The van der Waals surface area contributed by atoms with E-state index in [-0.39, 0.29) is 5.91 Å². The number of aromatic nitrogens is 2. The Hall–Kier alpha value is -4.23. The van der Waals surface area contributed by atoms with E-state index in [1.165, 1.54) is 11.8 Å². The largest absolute Gasteiger partial charge is 0.384 e.